The summed E-state index contributed by atoms with van der Waals surface area (Å²) in [6.45, 7) is 4.81. The lowest BCUT2D eigenvalue weighted by molar-refractivity contribution is 0.257. The lowest BCUT2D eigenvalue weighted by atomic mass is 10.1. The molecule has 0 fully saturated rings. The number of benzene rings is 2. The van der Waals surface area contributed by atoms with Gasteiger partial charge in [0.25, 0.3) is 0 Å². The van der Waals surface area contributed by atoms with Gasteiger partial charge in [-0.05, 0) is 48.4 Å². The van der Waals surface area contributed by atoms with Crippen molar-refractivity contribution in [3.63, 3.8) is 0 Å². The predicted molar refractivity (Wildman–Crippen MR) is 89.4 cm³/mol. The van der Waals surface area contributed by atoms with Crippen molar-refractivity contribution in [3.05, 3.63) is 63.9 Å². The number of anilines is 1. The van der Waals surface area contributed by atoms with Crippen LogP contribution in [0.3, 0.4) is 0 Å². The molecule has 2 rings (SSSR count). The maximum Gasteiger partial charge on any atom is 0.124 e. The van der Waals surface area contributed by atoms with Crippen molar-refractivity contribution in [2.45, 2.75) is 26.4 Å². The molecule has 4 heteroatoms. The summed E-state index contributed by atoms with van der Waals surface area (Å²) in [5, 5.41) is 0. The van der Waals surface area contributed by atoms with E-state index in [1.54, 1.807) is 0 Å². The van der Waals surface area contributed by atoms with E-state index in [1.165, 1.54) is 17.7 Å². The lowest BCUT2D eigenvalue weighted by Crippen LogP contribution is -2.23. The monoisotopic (exact) mass is 350 g/mol. The van der Waals surface area contributed by atoms with E-state index < -0.39 is 0 Å². The molecule has 0 saturated carbocycles. The molecule has 0 aromatic heterocycles. The summed E-state index contributed by atoms with van der Waals surface area (Å²) >= 11 is 3.44. The van der Waals surface area contributed by atoms with Crippen LogP contribution in [-0.2, 0) is 13.1 Å². The van der Waals surface area contributed by atoms with Crippen LogP contribution in [0.15, 0.2) is 46.9 Å². The maximum absolute atomic E-state index is 13.2. The molecule has 2 nitrogen and oxygen atoms in total. The Hall–Kier alpha value is -1.39. The van der Waals surface area contributed by atoms with Gasteiger partial charge < -0.3 is 5.73 Å². The Kier molecular flexibility index (Phi) is 5.76. The standard InChI is InChI=1S/C17H20BrFN2/c1-2-9-21(11-13-3-7-16(20)8-4-13)12-14-5-6-15(19)10-17(14)18/h3-8,10H,2,9,11-12,20H2,1H3. The first-order valence-corrected chi connectivity index (χ1v) is 7.88. The van der Waals surface area contributed by atoms with Crippen molar-refractivity contribution >= 4 is 21.6 Å². The first-order chi connectivity index (χ1) is 10.1. The quantitative estimate of drug-likeness (QED) is 0.772. The van der Waals surface area contributed by atoms with Gasteiger partial charge in [-0.15, -0.1) is 0 Å². The molecule has 112 valence electrons. The van der Waals surface area contributed by atoms with Gasteiger partial charge in [0.2, 0.25) is 0 Å². The fourth-order valence-electron chi connectivity index (χ4n) is 2.30. The number of nitrogens with zero attached hydrogens (tertiary/aromatic N) is 1. The Morgan fingerprint density at radius 2 is 1.81 bits per heavy atom. The van der Waals surface area contributed by atoms with E-state index in [1.807, 2.05) is 18.2 Å². The molecular formula is C17H20BrFN2. The summed E-state index contributed by atoms with van der Waals surface area (Å²) in [6.07, 6.45) is 1.08. The number of hydrogen-bond donors (Lipinski definition) is 1. The molecule has 0 aliphatic heterocycles. The van der Waals surface area contributed by atoms with Gasteiger partial charge in [0, 0.05) is 23.2 Å². The normalized spacial score (nSPS) is 11.0. The average Bonchev–Trinajstić information content (AvgIpc) is 2.44. The smallest absolute Gasteiger partial charge is 0.124 e. The number of hydrogen-bond acceptors (Lipinski definition) is 2. The van der Waals surface area contributed by atoms with Crippen molar-refractivity contribution in [2.24, 2.45) is 0 Å². The Morgan fingerprint density at radius 1 is 1.10 bits per heavy atom. The topological polar surface area (TPSA) is 29.3 Å². The summed E-state index contributed by atoms with van der Waals surface area (Å²) in [7, 11) is 0. The zero-order chi connectivity index (χ0) is 15.2. The van der Waals surface area contributed by atoms with E-state index >= 15 is 0 Å². The van der Waals surface area contributed by atoms with Crippen molar-refractivity contribution in [1.82, 2.24) is 4.90 Å². The van der Waals surface area contributed by atoms with Crippen LogP contribution in [0.4, 0.5) is 10.1 Å². The SMILES string of the molecule is CCCN(Cc1ccc(N)cc1)Cc1ccc(F)cc1Br. The molecule has 0 unspecified atom stereocenters. The lowest BCUT2D eigenvalue weighted by Gasteiger charge is -2.22. The molecule has 0 amide bonds. The van der Waals surface area contributed by atoms with Crippen molar-refractivity contribution in [3.8, 4) is 0 Å². The average molecular weight is 351 g/mol. The largest absolute Gasteiger partial charge is 0.399 e. The third-order valence-electron chi connectivity index (χ3n) is 3.33. The molecule has 0 bridgehead atoms. The van der Waals surface area contributed by atoms with Crippen LogP contribution in [0.1, 0.15) is 24.5 Å². The predicted octanol–water partition coefficient (Wildman–Crippen LogP) is 4.58. The van der Waals surface area contributed by atoms with E-state index in [-0.39, 0.29) is 5.82 Å². The second kappa shape index (κ2) is 7.57. The van der Waals surface area contributed by atoms with Crippen LogP contribution in [0.2, 0.25) is 0 Å². The second-order valence-corrected chi connectivity index (χ2v) is 6.04. The molecule has 21 heavy (non-hydrogen) atoms. The highest BCUT2D eigenvalue weighted by atomic mass is 79.9. The Labute approximate surface area is 133 Å². The van der Waals surface area contributed by atoms with Gasteiger partial charge in [-0.2, -0.15) is 0 Å². The second-order valence-electron chi connectivity index (χ2n) is 5.19. The van der Waals surface area contributed by atoms with E-state index in [0.717, 1.165) is 41.8 Å². The number of rotatable bonds is 6. The van der Waals surface area contributed by atoms with Crippen molar-refractivity contribution < 1.29 is 4.39 Å². The molecule has 2 aromatic rings. The zero-order valence-electron chi connectivity index (χ0n) is 12.2. The van der Waals surface area contributed by atoms with Crippen molar-refractivity contribution in [2.75, 3.05) is 12.3 Å². The van der Waals surface area contributed by atoms with E-state index in [0.29, 0.717) is 0 Å². The van der Waals surface area contributed by atoms with E-state index in [2.05, 4.69) is 39.9 Å². The van der Waals surface area contributed by atoms with Crippen LogP contribution in [0.25, 0.3) is 0 Å². The number of nitrogen functional groups attached to an aromatic ring is 1. The van der Waals surface area contributed by atoms with Crippen LogP contribution in [0.5, 0.6) is 0 Å². The molecule has 0 heterocycles. The van der Waals surface area contributed by atoms with Gasteiger partial charge in [-0.1, -0.05) is 41.1 Å². The highest BCUT2D eigenvalue weighted by Gasteiger charge is 2.09. The van der Waals surface area contributed by atoms with Gasteiger partial charge >= 0.3 is 0 Å². The fourth-order valence-corrected chi connectivity index (χ4v) is 2.78. The van der Waals surface area contributed by atoms with Gasteiger partial charge in [0.1, 0.15) is 5.82 Å². The van der Waals surface area contributed by atoms with E-state index in [4.69, 9.17) is 5.73 Å². The third kappa shape index (κ3) is 4.83. The Morgan fingerprint density at radius 3 is 2.43 bits per heavy atom. The Balaban J connectivity index is 2.09. The van der Waals surface area contributed by atoms with Crippen molar-refractivity contribution in [1.29, 1.82) is 0 Å². The first kappa shape index (κ1) is 16.0. The highest BCUT2D eigenvalue weighted by molar-refractivity contribution is 9.10. The zero-order valence-corrected chi connectivity index (χ0v) is 13.7. The van der Waals surface area contributed by atoms with Gasteiger partial charge in [0.05, 0.1) is 0 Å². The summed E-state index contributed by atoms with van der Waals surface area (Å²) in [5.74, 6) is -0.216. The van der Waals surface area contributed by atoms with Gasteiger partial charge in [-0.25, -0.2) is 4.39 Å². The summed E-state index contributed by atoms with van der Waals surface area (Å²) in [5.41, 5.74) is 8.83. The van der Waals surface area contributed by atoms with Gasteiger partial charge in [-0.3, -0.25) is 4.90 Å². The molecular weight excluding hydrogens is 331 g/mol. The number of halogens is 2. The van der Waals surface area contributed by atoms with Crippen LogP contribution < -0.4 is 5.73 Å². The Bertz CT molecular complexity index is 584. The number of nitrogens with two attached hydrogens (primary N) is 1. The third-order valence-corrected chi connectivity index (χ3v) is 4.07. The molecule has 0 atom stereocenters. The van der Waals surface area contributed by atoms with E-state index in [9.17, 15) is 4.39 Å². The molecule has 2 aromatic carbocycles. The van der Waals surface area contributed by atoms with Gasteiger partial charge in [0.15, 0.2) is 0 Å². The minimum atomic E-state index is -0.216. The summed E-state index contributed by atoms with van der Waals surface area (Å²) in [4.78, 5) is 2.35. The molecule has 2 N–H and O–H groups in total. The fraction of sp³-hybridized carbons (Fsp3) is 0.294. The van der Waals surface area contributed by atoms with Crippen LogP contribution in [0, 0.1) is 5.82 Å². The summed E-state index contributed by atoms with van der Waals surface area (Å²) < 4.78 is 14.0. The minimum absolute atomic E-state index is 0.216. The summed E-state index contributed by atoms with van der Waals surface area (Å²) in [6, 6.07) is 12.8. The van der Waals surface area contributed by atoms with Crippen LogP contribution in [-0.4, -0.2) is 11.4 Å². The molecule has 0 saturated heterocycles. The molecule has 0 aliphatic carbocycles. The highest BCUT2D eigenvalue weighted by Crippen LogP contribution is 2.21. The first-order valence-electron chi connectivity index (χ1n) is 7.09. The minimum Gasteiger partial charge on any atom is -0.399 e. The molecule has 0 spiro atoms. The molecule has 0 aliphatic rings. The van der Waals surface area contributed by atoms with Crippen LogP contribution >= 0.6 is 15.9 Å². The maximum atomic E-state index is 13.2. The molecule has 0 radical (unpaired) electrons.